The molecule has 1 aromatic heterocycles. The maximum atomic E-state index is 11.8. The summed E-state index contributed by atoms with van der Waals surface area (Å²) >= 11 is 0. The first-order chi connectivity index (χ1) is 12.5. The van der Waals surface area contributed by atoms with Crippen LogP contribution in [-0.4, -0.2) is 52.5 Å². The van der Waals surface area contributed by atoms with Crippen LogP contribution in [0.5, 0.6) is 0 Å². The Labute approximate surface area is 153 Å². The topological polar surface area (TPSA) is 87.4 Å². The maximum Gasteiger partial charge on any atom is 0.353 e. The van der Waals surface area contributed by atoms with Crippen LogP contribution in [0.1, 0.15) is 18.1 Å². The molecule has 1 saturated heterocycles. The van der Waals surface area contributed by atoms with E-state index in [4.69, 9.17) is 0 Å². The third kappa shape index (κ3) is 3.75. The standard InChI is InChI=1S/C18H24N6O2/c1-4-22-7-9-23(10-8-22)18-16(24(25)26)17(19-12-20-18)21-15-11-13(2)5-6-14(15)3/h5-6,11-12H,4,7-10H2,1-3H3,(H,19,20,21). The van der Waals surface area contributed by atoms with E-state index in [1.54, 1.807) is 0 Å². The van der Waals surface area contributed by atoms with E-state index < -0.39 is 4.92 Å². The lowest BCUT2D eigenvalue weighted by atomic mass is 10.1. The lowest BCUT2D eigenvalue weighted by Gasteiger charge is -2.34. The van der Waals surface area contributed by atoms with E-state index in [1.807, 2.05) is 36.9 Å². The third-order valence-electron chi connectivity index (χ3n) is 4.75. The Balaban J connectivity index is 1.94. The summed E-state index contributed by atoms with van der Waals surface area (Å²) in [6.07, 6.45) is 1.39. The van der Waals surface area contributed by atoms with Gasteiger partial charge in [-0.2, -0.15) is 0 Å². The van der Waals surface area contributed by atoms with Crippen molar-refractivity contribution in [2.45, 2.75) is 20.8 Å². The molecule has 8 nitrogen and oxygen atoms in total. The van der Waals surface area contributed by atoms with E-state index in [1.165, 1.54) is 6.33 Å². The fraction of sp³-hybridized carbons (Fsp3) is 0.444. The van der Waals surface area contributed by atoms with E-state index in [0.717, 1.165) is 36.4 Å². The minimum atomic E-state index is -0.394. The summed E-state index contributed by atoms with van der Waals surface area (Å²) in [7, 11) is 0. The number of likely N-dealkylation sites (N-methyl/N-ethyl adjacent to an activating group) is 1. The molecule has 0 saturated carbocycles. The second kappa shape index (κ2) is 7.65. The van der Waals surface area contributed by atoms with Crippen LogP contribution < -0.4 is 10.2 Å². The monoisotopic (exact) mass is 356 g/mol. The van der Waals surface area contributed by atoms with E-state index in [2.05, 4.69) is 27.1 Å². The first-order valence-corrected chi connectivity index (χ1v) is 8.80. The molecule has 1 aliphatic heterocycles. The zero-order valence-corrected chi connectivity index (χ0v) is 15.4. The molecule has 1 aliphatic rings. The van der Waals surface area contributed by atoms with Crippen molar-refractivity contribution in [2.24, 2.45) is 0 Å². The van der Waals surface area contributed by atoms with Gasteiger partial charge in [-0.1, -0.05) is 19.1 Å². The van der Waals surface area contributed by atoms with Crippen molar-refractivity contribution in [3.8, 4) is 0 Å². The largest absolute Gasteiger partial charge is 0.353 e. The second-order valence-corrected chi connectivity index (χ2v) is 6.52. The summed E-state index contributed by atoms with van der Waals surface area (Å²) in [6, 6.07) is 5.95. The SMILES string of the molecule is CCN1CCN(c2ncnc(Nc3cc(C)ccc3C)c2[N+](=O)[O-])CC1. The normalized spacial score (nSPS) is 15.1. The Hall–Kier alpha value is -2.74. The van der Waals surface area contributed by atoms with Gasteiger partial charge in [-0.3, -0.25) is 10.1 Å². The van der Waals surface area contributed by atoms with Gasteiger partial charge in [-0.15, -0.1) is 0 Å². The van der Waals surface area contributed by atoms with Gasteiger partial charge in [0, 0.05) is 31.9 Å². The number of piperazine rings is 1. The fourth-order valence-corrected chi connectivity index (χ4v) is 3.13. The molecular formula is C18H24N6O2. The number of hydrogen-bond donors (Lipinski definition) is 1. The molecule has 0 unspecified atom stereocenters. The molecule has 8 heteroatoms. The number of anilines is 3. The number of benzene rings is 1. The van der Waals surface area contributed by atoms with Crippen molar-refractivity contribution in [1.29, 1.82) is 0 Å². The van der Waals surface area contributed by atoms with Gasteiger partial charge >= 0.3 is 5.69 Å². The molecule has 0 radical (unpaired) electrons. The van der Waals surface area contributed by atoms with Crippen LogP contribution in [-0.2, 0) is 0 Å². The minimum Gasteiger partial charge on any atom is -0.348 e. The van der Waals surface area contributed by atoms with Gasteiger partial charge < -0.3 is 15.1 Å². The molecule has 0 amide bonds. The Morgan fingerprint density at radius 2 is 1.92 bits per heavy atom. The Morgan fingerprint density at radius 1 is 1.19 bits per heavy atom. The van der Waals surface area contributed by atoms with Crippen LogP contribution in [0.25, 0.3) is 0 Å². The summed E-state index contributed by atoms with van der Waals surface area (Å²) in [5.74, 6) is 0.611. The van der Waals surface area contributed by atoms with Crippen LogP contribution >= 0.6 is 0 Å². The highest BCUT2D eigenvalue weighted by atomic mass is 16.6. The molecule has 1 N–H and O–H groups in total. The number of rotatable bonds is 5. The molecule has 1 fully saturated rings. The number of aryl methyl sites for hydroxylation is 2. The molecule has 138 valence electrons. The number of nitrogens with zero attached hydrogens (tertiary/aromatic N) is 5. The molecule has 2 heterocycles. The Morgan fingerprint density at radius 3 is 2.58 bits per heavy atom. The van der Waals surface area contributed by atoms with Gasteiger partial charge in [0.05, 0.1) is 4.92 Å². The lowest BCUT2D eigenvalue weighted by Crippen LogP contribution is -2.46. The molecule has 1 aromatic carbocycles. The highest BCUT2D eigenvalue weighted by Gasteiger charge is 2.29. The number of aromatic nitrogens is 2. The van der Waals surface area contributed by atoms with Crippen molar-refractivity contribution in [3.63, 3.8) is 0 Å². The summed E-state index contributed by atoms with van der Waals surface area (Å²) in [6.45, 7) is 10.2. The average molecular weight is 356 g/mol. The van der Waals surface area contributed by atoms with Gasteiger partial charge in [0.2, 0.25) is 11.6 Å². The predicted octanol–water partition coefficient (Wildman–Crippen LogP) is 2.89. The third-order valence-corrected chi connectivity index (χ3v) is 4.75. The summed E-state index contributed by atoms with van der Waals surface area (Å²) in [5, 5.41) is 14.9. The van der Waals surface area contributed by atoms with Crippen LogP contribution in [0.15, 0.2) is 24.5 Å². The molecule has 26 heavy (non-hydrogen) atoms. The Bertz CT molecular complexity index is 802. The highest BCUT2D eigenvalue weighted by Crippen LogP contribution is 2.34. The van der Waals surface area contributed by atoms with Crippen molar-refractivity contribution in [1.82, 2.24) is 14.9 Å². The van der Waals surface area contributed by atoms with Crippen molar-refractivity contribution in [2.75, 3.05) is 42.9 Å². The average Bonchev–Trinajstić information content (AvgIpc) is 2.64. The highest BCUT2D eigenvalue weighted by molar-refractivity contribution is 5.75. The van der Waals surface area contributed by atoms with Crippen molar-refractivity contribution < 1.29 is 4.92 Å². The molecule has 0 atom stereocenters. The first kappa shape index (κ1) is 18.1. The summed E-state index contributed by atoms with van der Waals surface area (Å²) in [4.78, 5) is 24.1. The van der Waals surface area contributed by atoms with Gasteiger partial charge in [-0.25, -0.2) is 9.97 Å². The molecule has 0 bridgehead atoms. The molecular weight excluding hydrogens is 332 g/mol. The lowest BCUT2D eigenvalue weighted by molar-refractivity contribution is -0.383. The van der Waals surface area contributed by atoms with E-state index in [-0.39, 0.29) is 11.5 Å². The zero-order valence-electron chi connectivity index (χ0n) is 15.4. The molecule has 0 aliphatic carbocycles. The minimum absolute atomic E-state index is 0.0710. The van der Waals surface area contributed by atoms with Crippen LogP contribution in [0, 0.1) is 24.0 Å². The maximum absolute atomic E-state index is 11.8. The van der Waals surface area contributed by atoms with E-state index >= 15 is 0 Å². The van der Waals surface area contributed by atoms with Gasteiger partial charge in [0.1, 0.15) is 6.33 Å². The quantitative estimate of drug-likeness (QED) is 0.651. The van der Waals surface area contributed by atoms with Gasteiger partial charge in [0.25, 0.3) is 0 Å². The van der Waals surface area contributed by atoms with Crippen LogP contribution in [0.3, 0.4) is 0 Å². The molecule has 0 spiro atoms. The smallest absolute Gasteiger partial charge is 0.348 e. The number of hydrogen-bond acceptors (Lipinski definition) is 7. The van der Waals surface area contributed by atoms with Gasteiger partial charge in [0.15, 0.2) is 0 Å². The Kier molecular flexibility index (Phi) is 5.32. The summed E-state index contributed by atoms with van der Waals surface area (Å²) in [5.41, 5.74) is 2.82. The zero-order chi connectivity index (χ0) is 18.7. The van der Waals surface area contributed by atoms with E-state index in [9.17, 15) is 10.1 Å². The summed E-state index contributed by atoms with van der Waals surface area (Å²) < 4.78 is 0. The van der Waals surface area contributed by atoms with Crippen molar-refractivity contribution in [3.05, 3.63) is 45.8 Å². The van der Waals surface area contributed by atoms with Crippen LogP contribution in [0.4, 0.5) is 23.0 Å². The second-order valence-electron chi connectivity index (χ2n) is 6.52. The van der Waals surface area contributed by atoms with Crippen molar-refractivity contribution >= 4 is 23.0 Å². The number of nitro groups is 1. The van der Waals surface area contributed by atoms with E-state index in [0.29, 0.717) is 18.9 Å². The predicted molar refractivity (Wildman–Crippen MR) is 102 cm³/mol. The fourth-order valence-electron chi connectivity index (χ4n) is 3.13. The number of nitrogens with one attached hydrogen (secondary N) is 1. The molecule has 3 rings (SSSR count). The first-order valence-electron chi connectivity index (χ1n) is 8.80. The van der Waals surface area contributed by atoms with Crippen LogP contribution in [0.2, 0.25) is 0 Å². The van der Waals surface area contributed by atoms with Gasteiger partial charge in [-0.05, 0) is 37.6 Å². The molecule has 2 aromatic rings.